The lowest BCUT2D eigenvalue weighted by molar-refractivity contribution is -0.326. The van der Waals surface area contributed by atoms with E-state index in [4.69, 9.17) is 42.6 Å². The van der Waals surface area contributed by atoms with Crippen molar-refractivity contribution in [2.45, 2.75) is 83.5 Å². The van der Waals surface area contributed by atoms with Crippen LogP contribution in [-0.4, -0.2) is 106 Å². The van der Waals surface area contributed by atoms with Crippen LogP contribution >= 0.6 is 0 Å². The number of methoxy groups -OCH3 is 2. The first-order valence-electron chi connectivity index (χ1n) is 13.2. The second-order valence-corrected chi connectivity index (χ2v) is 9.63. The molecule has 236 valence electrons. The summed E-state index contributed by atoms with van der Waals surface area (Å²) in [5, 5.41) is 0. The van der Waals surface area contributed by atoms with Gasteiger partial charge in [0.05, 0.1) is 44.9 Å². The highest BCUT2D eigenvalue weighted by Gasteiger charge is 2.55. The van der Waals surface area contributed by atoms with Crippen molar-refractivity contribution in [3.63, 3.8) is 0 Å². The Hall–Kier alpha value is -3.56. The number of carbonyl (C=O) groups excluding carboxylic acids is 6. The van der Waals surface area contributed by atoms with Gasteiger partial charge >= 0.3 is 35.8 Å². The Morgan fingerprint density at radius 1 is 0.738 bits per heavy atom. The summed E-state index contributed by atoms with van der Waals surface area (Å²) in [4.78, 5) is 73.1. The molecular weight excluding hydrogens is 564 g/mol. The van der Waals surface area contributed by atoms with Gasteiger partial charge in [-0.1, -0.05) is 6.08 Å². The molecule has 0 N–H and O–H groups in total. The molecule has 15 heteroatoms. The summed E-state index contributed by atoms with van der Waals surface area (Å²) >= 11 is 0. The second-order valence-electron chi connectivity index (χ2n) is 9.63. The third kappa shape index (κ3) is 9.49. The van der Waals surface area contributed by atoms with E-state index in [-0.39, 0.29) is 19.4 Å². The maximum atomic E-state index is 12.7. The van der Waals surface area contributed by atoms with Gasteiger partial charge in [0.2, 0.25) is 0 Å². The molecule has 2 fully saturated rings. The minimum Gasteiger partial charge on any atom is -0.469 e. The molecule has 0 aromatic carbocycles. The van der Waals surface area contributed by atoms with Gasteiger partial charge < -0.3 is 42.6 Å². The van der Waals surface area contributed by atoms with Crippen molar-refractivity contribution >= 4 is 35.8 Å². The van der Waals surface area contributed by atoms with Crippen LogP contribution in [0.1, 0.15) is 40.5 Å². The highest BCUT2D eigenvalue weighted by atomic mass is 16.7. The van der Waals surface area contributed by atoms with Crippen LogP contribution in [0.25, 0.3) is 0 Å². The van der Waals surface area contributed by atoms with Crippen molar-refractivity contribution in [3.8, 4) is 0 Å². The van der Waals surface area contributed by atoms with Gasteiger partial charge in [0.15, 0.2) is 24.6 Å². The van der Waals surface area contributed by atoms with E-state index in [9.17, 15) is 28.8 Å². The number of hydrogen-bond donors (Lipinski definition) is 0. The van der Waals surface area contributed by atoms with Crippen LogP contribution in [0.3, 0.4) is 0 Å². The van der Waals surface area contributed by atoms with E-state index in [2.05, 4.69) is 6.58 Å². The van der Waals surface area contributed by atoms with E-state index in [1.54, 1.807) is 0 Å². The summed E-state index contributed by atoms with van der Waals surface area (Å²) in [5.74, 6) is -6.34. The van der Waals surface area contributed by atoms with Gasteiger partial charge in [-0.15, -0.1) is 6.58 Å². The maximum Gasteiger partial charge on any atom is 0.309 e. The first-order chi connectivity index (χ1) is 19.8. The molecule has 1 heterocycles. The average molecular weight is 603 g/mol. The van der Waals surface area contributed by atoms with Crippen LogP contribution in [0, 0.1) is 11.8 Å². The topological polar surface area (TPSA) is 185 Å². The van der Waals surface area contributed by atoms with Crippen LogP contribution in [-0.2, 0) is 71.4 Å². The van der Waals surface area contributed by atoms with Gasteiger partial charge in [-0.05, 0) is 12.8 Å². The SMILES string of the molecule is C=CCO[C@H]1C[C@H](C(=O)OC)[C@@H](C(=O)OC)C[C@@H]1O[C@H]1O[C@H](COC(C)=O)[C@@H](OC(C)=O)[C@H](OC(C)=O)[C@@H]1OC(C)=O. The van der Waals surface area contributed by atoms with Crippen molar-refractivity contribution in [3.05, 3.63) is 12.7 Å². The lowest BCUT2D eigenvalue weighted by Gasteiger charge is -2.46. The number of ether oxygens (including phenoxy) is 9. The van der Waals surface area contributed by atoms with Crippen molar-refractivity contribution in [1.82, 2.24) is 0 Å². The minimum atomic E-state index is -1.52. The van der Waals surface area contributed by atoms with E-state index in [1.807, 2.05) is 0 Å². The zero-order chi connectivity index (χ0) is 31.6. The van der Waals surface area contributed by atoms with E-state index < -0.39 is 97.2 Å². The molecule has 0 bridgehead atoms. The van der Waals surface area contributed by atoms with Crippen LogP contribution in [0.15, 0.2) is 12.7 Å². The molecule has 0 aromatic rings. The molecule has 0 amide bonds. The van der Waals surface area contributed by atoms with E-state index >= 15 is 0 Å². The highest BCUT2D eigenvalue weighted by Crippen LogP contribution is 2.38. The third-order valence-electron chi connectivity index (χ3n) is 6.57. The molecular formula is C27H38O15. The van der Waals surface area contributed by atoms with Crippen LogP contribution in [0.4, 0.5) is 0 Å². The molecule has 0 aromatic heterocycles. The fourth-order valence-corrected chi connectivity index (χ4v) is 4.94. The Bertz CT molecular complexity index is 1010. The summed E-state index contributed by atoms with van der Waals surface area (Å²) in [6, 6.07) is 0. The van der Waals surface area contributed by atoms with Gasteiger partial charge in [0, 0.05) is 27.7 Å². The lowest BCUT2D eigenvalue weighted by Crippen LogP contribution is -2.64. The Kier molecular flexibility index (Phi) is 13.3. The van der Waals surface area contributed by atoms with Crippen molar-refractivity contribution in [2.75, 3.05) is 27.4 Å². The smallest absolute Gasteiger partial charge is 0.309 e. The van der Waals surface area contributed by atoms with Crippen LogP contribution < -0.4 is 0 Å². The summed E-state index contributed by atoms with van der Waals surface area (Å²) in [6.45, 7) is 7.67. The van der Waals surface area contributed by atoms with Gasteiger partial charge in [0.25, 0.3) is 0 Å². The van der Waals surface area contributed by atoms with Crippen LogP contribution in [0.5, 0.6) is 0 Å². The van der Waals surface area contributed by atoms with E-state index in [0.717, 1.165) is 27.7 Å². The molecule has 2 rings (SSSR count). The predicted octanol–water partition coefficient (Wildman–Crippen LogP) is 0.398. The van der Waals surface area contributed by atoms with Gasteiger partial charge in [-0.2, -0.15) is 0 Å². The van der Waals surface area contributed by atoms with Gasteiger partial charge in [-0.25, -0.2) is 0 Å². The fourth-order valence-electron chi connectivity index (χ4n) is 4.94. The molecule has 1 aliphatic carbocycles. The van der Waals surface area contributed by atoms with Crippen molar-refractivity contribution in [1.29, 1.82) is 0 Å². The highest BCUT2D eigenvalue weighted by molar-refractivity contribution is 5.82. The molecule has 1 aliphatic heterocycles. The summed E-state index contributed by atoms with van der Waals surface area (Å²) < 4.78 is 49.3. The lowest BCUT2D eigenvalue weighted by atomic mass is 9.76. The normalized spacial score (nSPS) is 30.7. The predicted molar refractivity (Wildman–Crippen MR) is 137 cm³/mol. The zero-order valence-corrected chi connectivity index (χ0v) is 24.4. The molecule has 1 saturated carbocycles. The van der Waals surface area contributed by atoms with E-state index in [1.165, 1.54) is 20.3 Å². The molecule has 9 atom stereocenters. The van der Waals surface area contributed by atoms with E-state index in [0.29, 0.717) is 0 Å². The number of carbonyl (C=O) groups is 6. The quantitative estimate of drug-likeness (QED) is 0.170. The standard InChI is InChI=1S/C27H38O15/c1-8-9-36-19-10-17(25(32)34-6)18(26(33)35-7)11-20(19)41-27-24(40-16(5)31)23(39-15(4)30)22(38-14(3)29)21(42-27)12-37-13(2)28/h8,17-24,27H,1,9-12H2,2-7H3/t17-,18-,19-,20-,21+,22+,23-,24-,27-/m0/s1. The molecule has 15 nitrogen and oxygen atoms in total. The Morgan fingerprint density at radius 2 is 1.24 bits per heavy atom. The molecule has 2 aliphatic rings. The molecule has 0 unspecified atom stereocenters. The Morgan fingerprint density at radius 3 is 1.71 bits per heavy atom. The van der Waals surface area contributed by atoms with Crippen LogP contribution in [0.2, 0.25) is 0 Å². The summed E-state index contributed by atoms with van der Waals surface area (Å²) in [6.07, 6.45) is -7.52. The fraction of sp³-hybridized carbons (Fsp3) is 0.704. The van der Waals surface area contributed by atoms with Gasteiger partial charge in [0.1, 0.15) is 12.7 Å². The minimum absolute atomic E-state index is 0.0176. The first-order valence-corrected chi connectivity index (χ1v) is 13.2. The number of rotatable bonds is 12. The Labute approximate surface area is 243 Å². The number of hydrogen-bond acceptors (Lipinski definition) is 15. The Balaban J connectivity index is 2.54. The summed E-state index contributed by atoms with van der Waals surface area (Å²) in [5.41, 5.74) is 0. The first kappa shape index (κ1) is 34.6. The number of esters is 6. The van der Waals surface area contributed by atoms with Gasteiger partial charge in [-0.3, -0.25) is 28.8 Å². The molecule has 42 heavy (non-hydrogen) atoms. The largest absolute Gasteiger partial charge is 0.469 e. The molecule has 1 saturated heterocycles. The molecule has 0 radical (unpaired) electrons. The third-order valence-corrected chi connectivity index (χ3v) is 6.57. The summed E-state index contributed by atoms with van der Waals surface area (Å²) in [7, 11) is 2.36. The zero-order valence-electron chi connectivity index (χ0n) is 24.4. The maximum absolute atomic E-state index is 12.7. The van der Waals surface area contributed by atoms with Crippen molar-refractivity contribution in [2.24, 2.45) is 11.8 Å². The second kappa shape index (κ2) is 16.2. The average Bonchev–Trinajstić information content (AvgIpc) is 2.92. The molecule has 0 spiro atoms. The monoisotopic (exact) mass is 602 g/mol. The van der Waals surface area contributed by atoms with Crippen molar-refractivity contribution < 1.29 is 71.4 Å².